The zero-order valence-electron chi connectivity index (χ0n) is 30.9. The Hall–Kier alpha value is -5.82. The molecule has 4 fully saturated rings. The van der Waals surface area contributed by atoms with Gasteiger partial charge >= 0.3 is 5.97 Å². The maximum absolute atomic E-state index is 13.8. The molecule has 4 aromatic carbocycles. The van der Waals surface area contributed by atoms with Crippen LogP contribution in [0, 0.1) is 5.92 Å². The molecule has 2 atom stereocenters. The Balaban J connectivity index is 0.815. The summed E-state index contributed by atoms with van der Waals surface area (Å²) in [5.41, 5.74) is 3.26. The maximum atomic E-state index is 13.8. The Morgan fingerprint density at radius 3 is 2.20 bits per heavy atom. The van der Waals surface area contributed by atoms with E-state index in [0.717, 1.165) is 49.2 Å². The third-order valence-electron chi connectivity index (χ3n) is 11.6. The first-order valence-corrected chi connectivity index (χ1v) is 19.1. The normalized spacial score (nSPS) is 20.2. The number of aromatic hydroxyl groups is 1. The number of likely N-dealkylation sites (tertiary alicyclic amines) is 1. The molecule has 288 valence electrons. The summed E-state index contributed by atoms with van der Waals surface area (Å²) >= 11 is 0. The lowest BCUT2D eigenvalue weighted by Gasteiger charge is -2.50. The van der Waals surface area contributed by atoms with Crippen molar-refractivity contribution in [3.8, 4) is 5.75 Å². The lowest BCUT2D eigenvalue weighted by Crippen LogP contribution is -2.66. The molecular weight excluding hydrogens is 711 g/mol. The number of aliphatic hydroxyl groups excluding tert-OH is 1. The van der Waals surface area contributed by atoms with Gasteiger partial charge in [0.2, 0.25) is 5.56 Å². The molecule has 4 saturated heterocycles. The fraction of sp³-hybridized carbons (Fsp3) is 0.318. The molecule has 56 heavy (non-hydrogen) atoms. The number of pyridine rings is 1. The molecular formula is C44H45N5O7. The summed E-state index contributed by atoms with van der Waals surface area (Å²) in [5.74, 6) is -0.394. The molecule has 0 saturated carbocycles. The molecule has 5 heterocycles. The van der Waals surface area contributed by atoms with Gasteiger partial charge in [-0.05, 0) is 90.5 Å². The number of carbonyl (C=O) groups excluding carboxylic acids is 3. The van der Waals surface area contributed by atoms with Gasteiger partial charge < -0.3 is 35.5 Å². The number of aliphatic hydroxyl groups is 1. The predicted molar refractivity (Wildman–Crippen MR) is 210 cm³/mol. The lowest BCUT2D eigenvalue weighted by molar-refractivity contribution is -0.171. The number of phenols is 1. The molecule has 4 aliphatic rings. The zero-order valence-corrected chi connectivity index (χ0v) is 30.9. The minimum absolute atomic E-state index is 0.0584. The number of esters is 1. The Kier molecular flexibility index (Phi) is 10.4. The highest BCUT2D eigenvalue weighted by Crippen LogP contribution is 2.39. The molecule has 4 aliphatic heterocycles. The monoisotopic (exact) mass is 755 g/mol. The lowest BCUT2D eigenvalue weighted by atomic mass is 9.73. The summed E-state index contributed by atoms with van der Waals surface area (Å²) in [6, 6.07) is 29.9. The summed E-state index contributed by atoms with van der Waals surface area (Å²) < 4.78 is 6.19. The third kappa shape index (κ3) is 7.55. The summed E-state index contributed by atoms with van der Waals surface area (Å²) in [5, 5.41) is 27.7. The topological polar surface area (TPSA) is 164 Å². The molecule has 2 bridgehead atoms. The fourth-order valence-electron chi connectivity index (χ4n) is 8.25. The number of carbonyl (C=O) groups is 3. The number of ether oxygens (including phenoxy) is 1. The first-order chi connectivity index (χ1) is 27.2. The van der Waals surface area contributed by atoms with Gasteiger partial charge in [-0.15, -0.1) is 0 Å². The summed E-state index contributed by atoms with van der Waals surface area (Å²) in [6.07, 6.45) is 1.11. The number of phenolic OH excluding ortho intramolecular Hbond substituents is 1. The first kappa shape index (κ1) is 37.1. The van der Waals surface area contributed by atoms with Crippen LogP contribution in [0.3, 0.4) is 0 Å². The number of piperidine rings is 3. The van der Waals surface area contributed by atoms with Crippen LogP contribution in [0.5, 0.6) is 5.75 Å². The van der Waals surface area contributed by atoms with Crippen LogP contribution in [-0.4, -0.2) is 88.2 Å². The van der Waals surface area contributed by atoms with E-state index < -0.39 is 11.5 Å². The molecule has 0 radical (unpaired) electrons. The van der Waals surface area contributed by atoms with Gasteiger partial charge in [-0.25, -0.2) is 0 Å². The molecule has 12 nitrogen and oxygen atoms in total. The number of H-pyrrole nitrogens is 1. The second-order valence-electron chi connectivity index (χ2n) is 15.2. The van der Waals surface area contributed by atoms with E-state index in [2.05, 4.69) is 20.5 Å². The number of nitrogens with one attached hydrogen (secondary N) is 3. The standard InChI is InChI=1S/C44H45N5O7/c50-36-16-14-34(35-15-17-39(52)47-40(35)36)37(51)24-45-22-28-6-8-29(9-7-28)23-46-41(53)31-10-12-32(13-11-31)42(54)49-26-44(27-49,33-4-2-1-3-5-33)43(55)56-38-25-48-20-18-30(38)19-21-48/h1-17,30,37-38,45,50-51H,18-27H2,(H,46,53)(H,47,52)/t37?,38-/m0/s1. The number of amides is 2. The van der Waals surface area contributed by atoms with Crippen LogP contribution < -0.4 is 16.2 Å². The van der Waals surface area contributed by atoms with Crippen LogP contribution in [-0.2, 0) is 28.0 Å². The average Bonchev–Trinajstić information content (AvgIpc) is 3.21. The van der Waals surface area contributed by atoms with Crippen LogP contribution in [0.4, 0.5) is 0 Å². The second-order valence-corrected chi connectivity index (χ2v) is 15.2. The van der Waals surface area contributed by atoms with Gasteiger partial charge in [-0.1, -0.05) is 60.7 Å². The van der Waals surface area contributed by atoms with Crippen molar-refractivity contribution in [3.63, 3.8) is 0 Å². The number of hydrogen-bond donors (Lipinski definition) is 5. The second kappa shape index (κ2) is 15.7. The number of aromatic nitrogens is 1. The zero-order chi connectivity index (χ0) is 38.8. The largest absolute Gasteiger partial charge is 0.506 e. The van der Waals surface area contributed by atoms with Crippen molar-refractivity contribution in [2.24, 2.45) is 5.92 Å². The van der Waals surface area contributed by atoms with E-state index in [9.17, 15) is 29.4 Å². The summed E-state index contributed by atoms with van der Waals surface area (Å²) in [7, 11) is 0. The quantitative estimate of drug-likeness (QED) is 0.118. The molecule has 2 amide bonds. The molecule has 5 aromatic rings. The van der Waals surface area contributed by atoms with Crippen LogP contribution >= 0.6 is 0 Å². The molecule has 12 heteroatoms. The molecule has 1 unspecified atom stereocenters. The van der Waals surface area contributed by atoms with Gasteiger partial charge in [-0.3, -0.25) is 24.1 Å². The number of hydrogen-bond acceptors (Lipinski definition) is 9. The van der Waals surface area contributed by atoms with Crippen molar-refractivity contribution >= 4 is 28.7 Å². The van der Waals surface area contributed by atoms with Crippen molar-refractivity contribution < 1.29 is 29.3 Å². The molecule has 1 aromatic heterocycles. The smallest absolute Gasteiger partial charge is 0.320 e. The van der Waals surface area contributed by atoms with Gasteiger partial charge in [0, 0.05) is 61.8 Å². The van der Waals surface area contributed by atoms with Gasteiger partial charge in [-0.2, -0.15) is 0 Å². The van der Waals surface area contributed by atoms with E-state index in [-0.39, 0.29) is 60.3 Å². The van der Waals surface area contributed by atoms with Gasteiger partial charge in [0.1, 0.15) is 17.3 Å². The van der Waals surface area contributed by atoms with Crippen LogP contribution in [0.15, 0.2) is 108 Å². The summed E-state index contributed by atoms with van der Waals surface area (Å²) in [6.45, 7) is 4.42. The van der Waals surface area contributed by atoms with E-state index in [1.807, 2.05) is 54.6 Å². The third-order valence-corrected chi connectivity index (χ3v) is 11.6. The van der Waals surface area contributed by atoms with Crippen LogP contribution in [0.1, 0.15) is 61.9 Å². The number of fused-ring (bicyclic) bond motifs is 4. The SMILES string of the molecule is O=C(NCc1ccc(CNCC(O)c2ccc(O)c3[nH]c(=O)ccc23)cc1)c1ccc(C(=O)N2CC(C(=O)O[C@H]3CN4CCC3CC4)(c3ccccc3)C2)cc1. The Morgan fingerprint density at radius 1 is 0.839 bits per heavy atom. The fourth-order valence-corrected chi connectivity index (χ4v) is 8.25. The van der Waals surface area contributed by atoms with Crippen molar-refractivity contribution in [2.75, 3.05) is 39.3 Å². The van der Waals surface area contributed by atoms with E-state index in [1.165, 1.54) is 12.1 Å². The van der Waals surface area contributed by atoms with Gasteiger partial charge in [0.15, 0.2) is 0 Å². The average molecular weight is 756 g/mol. The molecule has 0 aliphatic carbocycles. The predicted octanol–water partition coefficient (Wildman–Crippen LogP) is 4.02. The van der Waals surface area contributed by atoms with Crippen molar-refractivity contribution in [2.45, 2.75) is 43.6 Å². The molecule has 5 N–H and O–H groups in total. The van der Waals surface area contributed by atoms with Gasteiger partial charge in [0.05, 0.1) is 11.6 Å². The van der Waals surface area contributed by atoms with E-state index in [4.69, 9.17) is 4.74 Å². The first-order valence-electron chi connectivity index (χ1n) is 19.1. The van der Waals surface area contributed by atoms with Gasteiger partial charge in [0.25, 0.3) is 11.8 Å². The number of aromatic amines is 1. The number of rotatable bonds is 12. The number of nitrogens with zero attached hydrogens (tertiary/aromatic N) is 2. The number of benzene rings is 4. The highest BCUT2D eigenvalue weighted by molar-refractivity contribution is 5.99. The highest BCUT2D eigenvalue weighted by atomic mass is 16.5. The van der Waals surface area contributed by atoms with Crippen molar-refractivity contribution in [1.82, 2.24) is 25.4 Å². The Bertz CT molecular complexity index is 2280. The Morgan fingerprint density at radius 2 is 1.52 bits per heavy atom. The van der Waals surface area contributed by atoms with Crippen molar-refractivity contribution in [3.05, 3.63) is 147 Å². The van der Waals surface area contributed by atoms with E-state index >= 15 is 0 Å². The van der Waals surface area contributed by atoms with E-state index in [1.54, 1.807) is 41.3 Å². The van der Waals surface area contributed by atoms with Crippen LogP contribution in [0.25, 0.3) is 10.9 Å². The van der Waals surface area contributed by atoms with Crippen LogP contribution in [0.2, 0.25) is 0 Å². The highest BCUT2D eigenvalue weighted by Gasteiger charge is 2.55. The molecule has 0 spiro atoms. The van der Waals surface area contributed by atoms with E-state index in [0.29, 0.717) is 41.1 Å². The maximum Gasteiger partial charge on any atom is 0.320 e. The van der Waals surface area contributed by atoms with Crippen molar-refractivity contribution in [1.29, 1.82) is 0 Å². The summed E-state index contributed by atoms with van der Waals surface area (Å²) in [4.78, 5) is 58.7. The Labute approximate surface area is 324 Å². The minimum Gasteiger partial charge on any atom is -0.506 e. The molecule has 9 rings (SSSR count). The minimum atomic E-state index is -0.908.